The molecular formula is C28H30N6O3S. The quantitative estimate of drug-likeness (QED) is 0.270. The number of amides is 3. The fourth-order valence-corrected chi connectivity index (χ4v) is 5.88. The van der Waals surface area contributed by atoms with Gasteiger partial charge in [0.25, 0.3) is 11.8 Å². The first-order chi connectivity index (χ1) is 18.4. The first-order valence-electron chi connectivity index (χ1n) is 12.7. The normalized spacial score (nSPS) is 14.7. The molecule has 10 heteroatoms. The van der Waals surface area contributed by atoms with Crippen molar-refractivity contribution in [2.24, 2.45) is 5.73 Å². The van der Waals surface area contributed by atoms with Crippen molar-refractivity contribution in [1.29, 1.82) is 0 Å². The van der Waals surface area contributed by atoms with Crippen LogP contribution in [-0.2, 0) is 11.3 Å². The molecule has 1 aliphatic rings. The van der Waals surface area contributed by atoms with E-state index in [9.17, 15) is 14.4 Å². The van der Waals surface area contributed by atoms with E-state index in [0.29, 0.717) is 5.56 Å². The lowest BCUT2D eigenvalue weighted by molar-refractivity contribution is -0.127. The Balaban J connectivity index is 1.62. The third-order valence-electron chi connectivity index (χ3n) is 7.04. The largest absolute Gasteiger partial charge is 0.395 e. The van der Waals surface area contributed by atoms with Crippen molar-refractivity contribution in [2.75, 3.05) is 5.73 Å². The van der Waals surface area contributed by atoms with Crippen LogP contribution < -0.4 is 16.8 Å². The topological polar surface area (TPSA) is 147 Å². The zero-order valence-electron chi connectivity index (χ0n) is 20.9. The van der Waals surface area contributed by atoms with E-state index in [1.165, 1.54) is 4.90 Å². The van der Waals surface area contributed by atoms with E-state index in [1.807, 2.05) is 54.6 Å². The molecule has 1 saturated carbocycles. The molecule has 0 unspecified atom stereocenters. The minimum absolute atomic E-state index is 0.0487. The number of carbonyl (C=O) groups is 3. The second-order valence-corrected chi connectivity index (χ2v) is 10.4. The second kappa shape index (κ2) is 11.1. The van der Waals surface area contributed by atoms with Gasteiger partial charge in [0.2, 0.25) is 5.91 Å². The van der Waals surface area contributed by atoms with Gasteiger partial charge in [0.1, 0.15) is 10.9 Å². The number of H-pyrrole nitrogens is 1. The fourth-order valence-electron chi connectivity index (χ4n) is 5.12. The number of nitrogens with one attached hydrogen (secondary N) is 2. The number of nitrogens with zero attached hydrogens (tertiary/aromatic N) is 2. The molecule has 2 aromatic carbocycles. The fraction of sp³-hybridized carbons (Fsp3) is 0.286. The van der Waals surface area contributed by atoms with Gasteiger partial charge in [0, 0.05) is 35.2 Å². The summed E-state index contributed by atoms with van der Waals surface area (Å²) >= 11 is 0.811. The highest BCUT2D eigenvalue weighted by Crippen LogP contribution is 2.34. The summed E-state index contributed by atoms with van der Waals surface area (Å²) in [6, 6.07) is 16.2. The number of primary amides is 1. The zero-order valence-corrected chi connectivity index (χ0v) is 21.7. The molecule has 9 nitrogen and oxygen atoms in total. The summed E-state index contributed by atoms with van der Waals surface area (Å²) in [7, 11) is 0. The Morgan fingerprint density at radius 3 is 2.47 bits per heavy atom. The number of fused-ring (bicyclic) bond motifs is 1. The molecule has 0 radical (unpaired) electrons. The Morgan fingerprint density at radius 2 is 1.76 bits per heavy atom. The van der Waals surface area contributed by atoms with Gasteiger partial charge in [-0.2, -0.15) is 4.37 Å². The van der Waals surface area contributed by atoms with Crippen molar-refractivity contribution in [3.8, 4) is 0 Å². The molecule has 2 heterocycles. The number of rotatable bonds is 8. The Hall–Kier alpha value is -4.18. The molecule has 196 valence electrons. The number of nitrogen functional groups attached to an aromatic ring is 1. The van der Waals surface area contributed by atoms with E-state index < -0.39 is 17.9 Å². The molecular weight excluding hydrogens is 500 g/mol. The highest BCUT2D eigenvalue weighted by molar-refractivity contribution is 7.09. The average Bonchev–Trinajstić information content (AvgIpc) is 3.53. The van der Waals surface area contributed by atoms with Gasteiger partial charge in [-0.25, -0.2) is 0 Å². The smallest absolute Gasteiger partial charge is 0.270 e. The number of benzene rings is 2. The third kappa shape index (κ3) is 5.12. The molecule has 0 aliphatic heterocycles. The summed E-state index contributed by atoms with van der Waals surface area (Å²) in [5.74, 6) is -1.56. The monoisotopic (exact) mass is 530 g/mol. The maximum Gasteiger partial charge on any atom is 0.270 e. The standard InChI is InChI=1S/C28H30N6O3S/c29-22-23(26(30)35)33-38-25(22)28(37)34(16-17-9-3-1-4-10-17)24(27(36)32-18-11-5-2-6-12-18)20-15-31-21-14-8-7-13-19(20)21/h1,3-4,7-10,13-15,18,24,31H,2,5-6,11-12,16,29H2,(H2,30,35)(H,32,36)/t24-/m1/s1. The average molecular weight is 531 g/mol. The van der Waals surface area contributed by atoms with E-state index in [1.54, 1.807) is 6.20 Å². The van der Waals surface area contributed by atoms with Gasteiger partial charge in [0.15, 0.2) is 5.69 Å². The molecule has 0 spiro atoms. The van der Waals surface area contributed by atoms with Crippen molar-refractivity contribution < 1.29 is 14.4 Å². The number of carbonyl (C=O) groups excluding carboxylic acids is 3. The van der Waals surface area contributed by atoms with Crippen LogP contribution in [0.2, 0.25) is 0 Å². The molecule has 3 amide bonds. The number of anilines is 1. The maximum absolute atomic E-state index is 14.1. The lowest BCUT2D eigenvalue weighted by Crippen LogP contribution is -2.46. The predicted octanol–water partition coefficient (Wildman–Crippen LogP) is 4.14. The molecule has 38 heavy (non-hydrogen) atoms. The summed E-state index contributed by atoms with van der Waals surface area (Å²) in [5.41, 5.74) is 13.7. The molecule has 2 aromatic heterocycles. The van der Waals surface area contributed by atoms with Crippen LogP contribution in [-0.4, -0.2) is 38.0 Å². The third-order valence-corrected chi connectivity index (χ3v) is 7.89. The molecule has 4 aromatic rings. The number of hydrogen-bond acceptors (Lipinski definition) is 6. The zero-order chi connectivity index (χ0) is 26.6. The van der Waals surface area contributed by atoms with E-state index in [4.69, 9.17) is 11.5 Å². The molecule has 0 saturated heterocycles. The van der Waals surface area contributed by atoms with Crippen molar-refractivity contribution in [3.05, 3.63) is 82.5 Å². The summed E-state index contributed by atoms with van der Waals surface area (Å²) in [6.07, 6.45) is 6.87. The van der Waals surface area contributed by atoms with Gasteiger partial charge in [-0.15, -0.1) is 0 Å². The summed E-state index contributed by atoms with van der Waals surface area (Å²) < 4.78 is 4.02. The predicted molar refractivity (Wildman–Crippen MR) is 147 cm³/mol. The van der Waals surface area contributed by atoms with Crippen LogP contribution in [0.25, 0.3) is 10.9 Å². The number of aromatic amines is 1. The number of para-hydroxylation sites is 1. The highest BCUT2D eigenvalue weighted by Gasteiger charge is 2.37. The van der Waals surface area contributed by atoms with Gasteiger partial charge in [0.05, 0.1) is 5.69 Å². The Bertz CT molecular complexity index is 1460. The first kappa shape index (κ1) is 25.5. The van der Waals surface area contributed by atoms with Crippen LogP contribution in [0, 0.1) is 0 Å². The first-order valence-corrected chi connectivity index (χ1v) is 13.5. The number of nitrogens with two attached hydrogens (primary N) is 2. The van der Waals surface area contributed by atoms with Crippen LogP contribution in [0.5, 0.6) is 0 Å². The van der Waals surface area contributed by atoms with Crippen LogP contribution in [0.4, 0.5) is 5.69 Å². The Morgan fingerprint density at radius 1 is 1.05 bits per heavy atom. The van der Waals surface area contributed by atoms with Crippen molar-refractivity contribution >= 4 is 45.8 Å². The highest BCUT2D eigenvalue weighted by atomic mass is 32.1. The summed E-state index contributed by atoms with van der Waals surface area (Å²) in [4.78, 5) is 44.9. The van der Waals surface area contributed by atoms with Crippen molar-refractivity contribution in [3.63, 3.8) is 0 Å². The lowest BCUT2D eigenvalue weighted by Gasteiger charge is -2.33. The molecule has 1 fully saturated rings. The van der Waals surface area contributed by atoms with Crippen LogP contribution >= 0.6 is 11.5 Å². The van der Waals surface area contributed by atoms with Gasteiger partial charge >= 0.3 is 0 Å². The number of hydrogen-bond donors (Lipinski definition) is 4. The van der Waals surface area contributed by atoms with Gasteiger partial charge in [-0.1, -0.05) is 67.8 Å². The molecule has 1 aliphatic carbocycles. The minimum Gasteiger partial charge on any atom is -0.395 e. The Kier molecular flexibility index (Phi) is 7.41. The Labute approximate surface area is 224 Å². The number of aromatic nitrogens is 2. The van der Waals surface area contributed by atoms with E-state index in [0.717, 1.165) is 60.1 Å². The molecule has 1 atom stereocenters. The van der Waals surface area contributed by atoms with Crippen molar-refractivity contribution in [2.45, 2.75) is 50.7 Å². The van der Waals surface area contributed by atoms with Crippen LogP contribution in [0.15, 0.2) is 60.8 Å². The second-order valence-electron chi connectivity index (χ2n) is 9.59. The lowest BCUT2D eigenvalue weighted by atomic mass is 9.94. The van der Waals surface area contributed by atoms with E-state index in [2.05, 4.69) is 14.7 Å². The van der Waals surface area contributed by atoms with E-state index >= 15 is 0 Å². The molecule has 5 rings (SSSR count). The minimum atomic E-state index is -0.959. The van der Waals surface area contributed by atoms with Gasteiger partial charge in [-0.05, 0) is 36.0 Å². The molecule has 0 bridgehead atoms. The maximum atomic E-state index is 14.1. The van der Waals surface area contributed by atoms with Gasteiger partial charge in [-0.3, -0.25) is 14.4 Å². The summed E-state index contributed by atoms with van der Waals surface area (Å²) in [6.45, 7) is 0.144. The van der Waals surface area contributed by atoms with Crippen LogP contribution in [0.1, 0.15) is 69.4 Å². The van der Waals surface area contributed by atoms with Gasteiger partial charge < -0.3 is 26.7 Å². The van der Waals surface area contributed by atoms with Crippen LogP contribution in [0.3, 0.4) is 0 Å². The summed E-state index contributed by atoms with van der Waals surface area (Å²) in [5, 5.41) is 4.06. The van der Waals surface area contributed by atoms with E-state index in [-0.39, 0.29) is 34.8 Å². The SMILES string of the molecule is NC(=O)c1nsc(C(=O)N(Cc2ccccc2)[C@@H](C(=O)NC2CCCCC2)c2c[nH]c3ccccc23)c1N. The van der Waals surface area contributed by atoms with Crippen molar-refractivity contribution in [1.82, 2.24) is 19.6 Å². The molecule has 6 N–H and O–H groups in total.